The number of carbonyl (C=O) groups excluding carboxylic acids is 1. The molecular weight excluding hydrogens is 248 g/mol. The van der Waals surface area contributed by atoms with E-state index in [1.807, 2.05) is 30.3 Å². The van der Waals surface area contributed by atoms with Crippen LogP contribution in [0.4, 0.5) is 0 Å². The largest absolute Gasteiger partial charge is 0.355 e. The lowest BCUT2D eigenvalue weighted by atomic mass is 10.00. The van der Waals surface area contributed by atoms with E-state index in [0.717, 1.165) is 24.8 Å². The Morgan fingerprint density at radius 1 is 1.35 bits per heavy atom. The van der Waals surface area contributed by atoms with Gasteiger partial charge in [0.05, 0.1) is 6.07 Å². The van der Waals surface area contributed by atoms with E-state index in [1.54, 1.807) is 0 Å². The molecule has 2 rings (SSSR count). The van der Waals surface area contributed by atoms with Gasteiger partial charge in [0, 0.05) is 6.54 Å². The van der Waals surface area contributed by atoms with Gasteiger partial charge in [-0.1, -0.05) is 42.0 Å². The van der Waals surface area contributed by atoms with Gasteiger partial charge < -0.3 is 5.32 Å². The Labute approximate surface area is 120 Å². The number of hydrogen-bond acceptors (Lipinski definition) is 2. The van der Waals surface area contributed by atoms with Gasteiger partial charge in [-0.25, -0.2) is 0 Å². The normalized spacial score (nSPS) is 15.2. The standard InChI is InChI=1S/C17H20N2O/c18-13-16(12-15-8-2-1-3-9-15)17(20)19-11-10-14-6-4-5-7-14/h1-3,6,8-9,16H,4-5,7,10-12H2,(H,19,20). The zero-order valence-corrected chi connectivity index (χ0v) is 11.6. The average molecular weight is 268 g/mol. The Kier molecular flexibility index (Phi) is 5.37. The molecule has 1 amide bonds. The van der Waals surface area contributed by atoms with Crippen LogP contribution in [0.5, 0.6) is 0 Å². The van der Waals surface area contributed by atoms with Crippen molar-refractivity contribution in [2.24, 2.45) is 5.92 Å². The number of carbonyl (C=O) groups is 1. The summed E-state index contributed by atoms with van der Waals surface area (Å²) in [5.74, 6) is -0.759. The number of hydrogen-bond donors (Lipinski definition) is 1. The molecule has 3 heteroatoms. The van der Waals surface area contributed by atoms with E-state index >= 15 is 0 Å². The fourth-order valence-corrected chi connectivity index (χ4v) is 2.48. The highest BCUT2D eigenvalue weighted by Gasteiger charge is 2.18. The molecule has 20 heavy (non-hydrogen) atoms. The number of nitriles is 1. The van der Waals surface area contributed by atoms with Gasteiger partial charge in [-0.15, -0.1) is 0 Å². The molecule has 1 N–H and O–H groups in total. The molecule has 0 heterocycles. The molecule has 0 aliphatic heterocycles. The van der Waals surface area contributed by atoms with Crippen molar-refractivity contribution in [1.29, 1.82) is 5.26 Å². The van der Waals surface area contributed by atoms with Gasteiger partial charge in [0.2, 0.25) is 5.91 Å². The maximum absolute atomic E-state index is 12.0. The molecule has 1 unspecified atom stereocenters. The number of nitrogens with one attached hydrogen (secondary N) is 1. The van der Waals surface area contributed by atoms with Gasteiger partial charge in [0.1, 0.15) is 5.92 Å². The molecule has 104 valence electrons. The lowest BCUT2D eigenvalue weighted by molar-refractivity contribution is -0.123. The van der Waals surface area contributed by atoms with Gasteiger partial charge in [0.15, 0.2) is 0 Å². The lowest BCUT2D eigenvalue weighted by Crippen LogP contribution is -2.32. The molecule has 1 aliphatic rings. The smallest absolute Gasteiger partial charge is 0.237 e. The maximum Gasteiger partial charge on any atom is 0.237 e. The lowest BCUT2D eigenvalue weighted by Gasteiger charge is -2.10. The first-order valence-electron chi connectivity index (χ1n) is 7.19. The second-order valence-electron chi connectivity index (χ2n) is 5.17. The Balaban J connectivity index is 1.78. The van der Waals surface area contributed by atoms with Crippen molar-refractivity contribution in [1.82, 2.24) is 5.32 Å². The molecule has 1 aliphatic carbocycles. The first kappa shape index (κ1) is 14.3. The molecule has 0 saturated carbocycles. The van der Waals surface area contributed by atoms with Crippen LogP contribution in [0.1, 0.15) is 31.2 Å². The van der Waals surface area contributed by atoms with Crippen LogP contribution in [0, 0.1) is 17.2 Å². The van der Waals surface area contributed by atoms with E-state index in [1.165, 1.54) is 12.0 Å². The molecule has 1 atom stereocenters. The van der Waals surface area contributed by atoms with Gasteiger partial charge in [-0.3, -0.25) is 4.79 Å². The summed E-state index contributed by atoms with van der Waals surface area (Å²) >= 11 is 0. The first-order valence-corrected chi connectivity index (χ1v) is 7.19. The molecule has 0 radical (unpaired) electrons. The molecule has 0 aromatic heterocycles. The molecule has 0 spiro atoms. The first-order chi connectivity index (χ1) is 9.79. The third-order valence-corrected chi connectivity index (χ3v) is 3.64. The van der Waals surface area contributed by atoms with Crippen molar-refractivity contribution in [3.63, 3.8) is 0 Å². The molecule has 3 nitrogen and oxygen atoms in total. The van der Waals surface area contributed by atoms with Crippen LogP contribution < -0.4 is 5.32 Å². The maximum atomic E-state index is 12.0. The van der Waals surface area contributed by atoms with Crippen molar-refractivity contribution in [3.05, 3.63) is 47.5 Å². The predicted octanol–water partition coefficient (Wildman–Crippen LogP) is 2.99. The number of benzene rings is 1. The van der Waals surface area contributed by atoms with Crippen molar-refractivity contribution < 1.29 is 4.79 Å². The number of rotatable bonds is 6. The van der Waals surface area contributed by atoms with Gasteiger partial charge in [0.25, 0.3) is 0 Å². The SMILES string of the molecule is N#CC(Cc1ccccc1)C(=O)NCCC1=CCCC1. The van der Waals surface area contributed by atoms with Gasteiger partial charge in [-0.05, 0) is 37.7 Å². The summed E-state index contributed by atoms with van der Waals surface area (Å²) in [6, 6.07) is 11.8. The van der Waals surface area contributed by atoms with E-state index in [4.69, 9.17) is 5.26 Å². The number of nitrogens with zero attached hydrogens (tertiary/aromatic N) is 1. The molecule has 0 fully saturated rings. The summed E-state index contributed by atoms with van der Waals surface area (Å²) in [4.78, 5) is 12.0. The Morgan fingerprint density at radius 3 is 2.80 bits per heavy atom. The van der Waals surface area contributed by atoms with Crippen molar-refractivity contribution in [2.45, 2.75) is 32.1 Å². The number of allylic oxidation sites excluding steroid dienone is 1. The number of amides is 1. The minimum absolute atomic E-state index is 0.157. The summed E-state index contributed by atoms with van der Waals surface area (Å²) in [6.07, 6.45) is 7.21. The molecular formula is C17H20N2O. The van der Waals surface area contributed by atoms with Crippen LogP contribution in [0.25, 0.3) is 0 Å². The van der Waals surface area contributed by atoms with Crippen molar-refractivity contribution in [2.75, 3.05) is 6.54 Å². The highest BCUT2D eigenvalue weighted by molar-refractivity contribution is 5.81. The third kappa shape index (κ3) is 4.24. The van der Waals surface area contributed by atoms with Crippen molar-refractivity contribution >= 4 is 5.91 Å². The fourth-order valence-electron chi connectivity index (χ4n) is 2.48. The van der Waals surface area contributed by atoms with Crippen molar-refractivity contribution in [3.8, 4) is 6.07 Å². The van der Waals surface area contributed by atoms with E-state index < -0.39 is 5.92 Å². The average Bonchev–Trinajstić information content (AvgIpc) is 2.99. The Bertz CT molecular complexity index is 514. The highest BCUT2D eigenvalue weighted by atomic mass is 16.1. The van der Waals surface area contributed by atoms with E-state index in [2.05, 4.69) is 17.5 Å². The molecule has 0 saturated heterocycles. The highest BCUT2D eigenvalue weighted by Crippen LogP contribution is 2.19. The Morgan fingerprint density at radius 2 is 2.15 bits per heavy atom. The second kappa shape index (κ2) is 7.49. The zero-order valence-electron chi connectivity index (χ0n) is 11.6. The Hall–Kier alpha value is -2.08. The van der Waals surface area contributed by atoms with Crippen LogP contribution in [-0.2, 0) is 11.2 Å². The van der Waals surface area contributed by atoms with Gasteiger partial charge >= 0.3 is 0 Å². The summed E-state index contributed by atoms with van der Waals surface area (Å²) in [6.45, 7) is 0.637. The minimum Gasteiger partial charge on any atom is -0.355 e. The van der Waals surface area contributed by atoms with E-state index in [0.29, 0.717) is 13.0 Å². The quantitative estimate of drug-likeness (QED) is 0.806. The summed E-state index contributed by atoms with van der Waals surface area (Å²) in [7, 11) is 0. The monoisotopic (exact) mass is 268 g/mol. The second-order valence-corrected chi connectivity index (χ2v) is 5.17. The van der Waals surface area contributed by atoms with Crippen LogP contribution in [-0.4, -0.2) is 12.5 Å². The van der Waals surface area contributed by atoms with Crippen LogP contribution >= 0.6 is 0 Å². The zero-order chi connectivity index (χ0) is 14.2. The van der Waals surface area contributed by atoms with Crippen LogP contribution in [0.15, 0.2) is 42.0 Å². The molecule has 1 aromatic carbocycles. The molecule has 0 bridgehead atoms. The van der Waals surface area contributed by atoms with Gasteiger partial charge in [-0.2, -0.15) is 5.26 Å². The summed E-state index contributed by atoms with van der Waals surface area (Å²) < 4.78 is 0. The van der Waals surface area contributed by atoms with Crippen LogP contribution in [0.3, 0.4) is 0 Å². The summed E-state index contributed by atoms with van der Waals surface area (Å²) in [5, 5.41) is 12.0. The third-order valence-electron chi connectivity index (χ3n) is 3.64. The van der Waals surface area contributed by atoms with Crippen LogP contribution in [0.2, 0.25) is 0 Å². The van der Waals surface area contributed by atoms with E-state index in [9.17, 15) is 4.79 Å². The fraction of sp³-hybridized carbons (Fsp3) is 0.412. The van der Waals surface area contributed by atoms with E-state index in [-0.39, 0.29) is 5.91 Å². The summed E-state index contributed by atoms with van der Waals surface area (Å²) in [5.41, 5.74) is 2.45. The topological polar surface area (TPSA) is 52.9 Å². The minimum atomic E-state index is -0.602. The predicted molar refractivity (Wildman–Crippen MR) is 78.8 cm³/mol. The molecule has 1 aromatic rings.